The summed E-state index contributed by atoms with van der Waals surface area (Å²) in [6.45, 7) is 4.27. The number of halogens is 1. The maximum absolute atomic E-state index is 13.6. The van der Waals surface area contributed by atoms with Crippen LogP contribution >= 0.6 is 0 Å². The molecular weight excluding hydrogens is 507 g/mol. The number of methoxy groups -OCH3 is 1. The molecule has 1 saturated heterocycles. The fraction of sp³-hybridized carbons (Fsp3) is 0.545. The Bertz CT molecular complexity index is 1350. The Labute approximate surface area is 235 Å². The molecule has 1 spiro atoms. The minimum Gasteiger partial charge on any atom is -0.496 e. The van der Waals surface area contributed by atoms with Crippen LogP contribution in [0.3, 0.4) is 0 Å². The summed E-state index contributed by atoms with van der Waals surface area (Å²) >= 11 is 0. The second-order valence-electron chi connectivity index (χ2n) is 13.0. The number of fused-ring (bicyclic) bond motifs is 1. The van der Waals surface area contributed by atoms with Gasteiger partial charge in [-0.15, -0.1) is 0 Å². The first-order valence-electron chi connectivity index (χ1n) is 14.8. The smallest absolute Gasteiger partial charge is 0.309 e. The number of nitrogens with one attached hydrogen (secondary N) is 1. The molecular formula is C33H39FN2O4. The SMILES string of the molecule is COc1cc(-c2ccc(F)cc2)c(C2CC2)cc1CNC1CC2(CC(N3CCC(C)(C(=O)O)CC3)=C3CC3O2)C1. The normalized spacial score (nSPS) is 28.7. The van der Waals surface area contributed by atoms with Gasteiger partial charge in [0.2, 0.25) is 0 Å². The third kappa shape index (κ3) is 4.71. The molecule has 0 radical (unpaired) electrons. The monoisotopic (exact) mass is 546 g/mol. The highest BCUT2D eigenvalue weighted by atomic mass is 19.1. The molecule has 40 heavy (non-hydrogen) atoms. The molecule has 4 fully saturated rings. The fourth-order valence-electron chi connectivity index (χ4n) is 7.18. The summed E-state index contributed by atoms with van der Waals surface area (Å²) in [5.41, 5.74) is 6.86. The van der Waals surface area contributed by atoms with Crippen molar-refractivity contribution in [3.8, 4) is 16.9 Å². The molecule has 1 unspecified atom stereocenters. The number of hydrogen-bond acceptors (Lipinski definition) is 5. The summed E-state index contributed by atoms with van der Waals surface area (Å²) in [7, 11) is 1.72. The summed E-state index contributed by atoms with van der Waals surface area (Å²) in [5.74, 6) is 0.540. The molecule has 7 rings (SSSR count). The number of nitrogens with zero attached hydrogens (tertiary/aromatic N) is 1. The molecule has 0 aromatic heterocycles. The van der Waals surface area contributed by atoms with E-state index in [0.29, 0.717) is 24.8 Å². The van der Waals surface area contributed by atoms with Crippen molar-refractivity contribution in [3.05, 3.63) is 64.6 Å². The van der Waals surface area contributed by atoms with Crippen LogP contribution < -0.4 is 10.1 Å². The zero-order valence-electron chi connectivity index (χ0n) is 23.5. The highest BCUT2D eigenvalue weighted by Crippen LogP contribution is 2.55. The number of benzene rings is 2. The zero-order chi connectivity index (χ0) is 27.6. The first kappa shape index (κ1) is 26.0. The van der Waals surface area contributed by atoms with Gasteiger partial charge in [-0.2, -0.15) is 0 Å². The highest BCUT2D eigenvalue weighted by molar-refractivity contribution is 5.74. The van der Waals surface area contributed by atoms with E-state index in [1.165, 1.54) is 47.4 Å². The molecule has 3 saturated carbocycles. The highest BCUT2D eigenvalue weighted by Gasteiger charge is 2.55. The number of rotatable bonds is 8. The first-order valence-corrected chi connectivity index (χ1v) is 14.8. The largest absolute Gasteiger partial charge is 0.496 e. The van der Waals surface area contributed by atoms with E-state index in [4.69, 9.17) is 9.47 Å². The minimum atomic E-state index is -0.670. The van der Waals surface area contributed by atoms with E-state index in [1.807, 2.05) is 19.1 Å². The van der Waals surface area contributed by atoms with Gasteiger partial charge in [0.15, 0.2) is 0 Å². The average molecular weight is 547 g/mol. The van der Waals surface area contributed by atoms with Gasteiger partial charge in [0.25, 0.3) is 0 Å². The van der Waals surface area contributed by atoms with Crippen LogP contribution in [0.4, 0.5) is 4.39 Å². The van der Waals surface area contributed by atoms with E-state index >= 15 is 0 Å². The van der Waals surface area contributed by atoms with Crippen molar-refractivity contribution in [2.45, 2.75) is 88.5 Å². The summed E-state index contributed by atoms with van der Waals surface area (Å²) in [6.07, 6.45) is 8.02. The molecule has 1 atom stereocenters. The molecule has 2 aromatic rings. The number of piperidine rings is 1. The zero-order valence-corrected chi connectivity index (χ0v) is 23.5. The molecule has 212 valence electrons. The Morgan fingerprint density at radius 1 is 1.18 bits per heavy atom. The van der Waals surface area contributed by atoms with Gasteiger partial charge >= 0.3 is 5.97 Å². The number of likely N-dealkylation sites (tertiary alicyclic amines) is 1. The minimum absolute atomic E-state index is 0.0963. The van der Waals surface area contributed by atoms with Gasteiger partial charge in [-0.05, 0) is 97.9 Å². The Balaban J connectivity index is 1.00. The quantitative estimate of drug-likeness (QED) is 0.423. The molecule has 7 heteroatoms. The number of ether oxygens (including phenoxy) is 2. The van der Waals surface area contributed by atoms with E-state index < -0.39 is 11.4 Å². The van der Waals surface area contributed by atoms with Crippen molar-refractivity contribution in [3.63, 3.8) is 0 Å². The lowest BCUT2D eigenvalue weighted by Gasteiger charge is -2.51. The van der Waals surface area contributed by atoms with Crippen molar-refractivity contribution in [2.24, 2.45) is 5.41 Å². The third-order valence-electron chi connectivity index (χ3n) is 10.1. The van der Waals surface area contributed by atoms with Crippen molar-refractivity contribution in [2.75, 3.05) is 20.2 Å². The van der Waals surface area contributed by atoms with Crippen LogP contribution in [0.5, 0.6) is 5.75 Å². The fourth-order valence-corrected chi connectivity index (χ4v) is 7.18. The first-order chi connectivity index (χ1) is 19.3. The molecule has 5 aliphatic rings. The van der Waals surface area contributed by atoms with Crippen LogP contribution in [0.2, 0.25) is 0 Å². The molecule has 6 nitrogen and oxygen atoms in total. The lowest BCUT2D eigenvalue weighted by Crippen LogP contribution is -2.57. The molecule has 0 amide bonds. The molecule has 2 N–H and O–H groups in total. The predicted octanol–water partition coefficient (Wildman–Crippen LogP) is 6.00. The topological polar surface area (TPSA) is 71.0 Å². The van der Waals surface area contributed by atoms with Crippen LogP contribution in [0.1, 0.15) is 75.3 Å². The van der Waals surface area contributed by atoms with E-state index in [-0.39, 0.29) is 17.5 Å². The van der Waals surface area contributed by atoms with Gasteiger partial charge in [0.1, 0.15) is 11.6 Å². The molecule has 2 heterocycles. The Morgan fingerprint density at radius 3 is 2.55 bits per heavy atom. The van der Waals surface area contributed by atoms with Crippen molar-refractivity contribution < 1.29 is 23.8 Å². The van der Waals surface area contributed by atoms with Crippen LogP contribution in [-0.2, 0) is 16.1 Å². The van der Waals surface area contributed by atoms with Gasteiger partial charge < -0.3 is 24.8 Å². The molecule has 2 aromatic carbocycles. The van der Waals surface area contributed by atoms with Crippen LogP contribution in [0, 0.1) is 11.2 Å². The van der Waals surface area contributed by atoms with Gasteiger partial charge in [-0.1, -0.05) is 12.1 Å². The number of carboxylic acids is 1. The number of carboxylic acid groups (broad SMARTS) is 1. The standard InChI is InChI=1S/C33H39FN2O4/c1-32(31(37)38)9-11-36(12-10-32)28-18-33(40-30-15-27(28)30)16-24(17-33)35-19-22-13-25(20-3-4-20)26(14-29(22)39-2)21-5-7-23(34)8-6-21/h5-8,13-14,20,24,30,35H,3-4,9-12,15-19H2,1-2H3,(H,37,38). The lowest BCUT2D eigenvalue weighted by atomic mass is 9.71. The van der Waals surface area contributed by atoms with E-state index in [9.17, 15) is 14.3 Å². The van der Waals surface area contributed by atoms with Gasteiger partial charge in [0.05, 0.1) is 24.2 Å². The summed E-state index contributed by atoms with van der Waals surface area (Å²) < 4.78 is 26.0. The van der Waals surface area contributed by atoms with E-state index in [0.717, 1.165) is 62.2 Å². The molecule has 0 bridgehead atoms. The van der Waals surface area contributed by atoms with Crippen molar-refractivity contribution in [1.29, 1.82) is 0 Å². The second-order valence-corrected chi connectivity index (χ2v) is 13.0. The average Bonchev–Trinajstić information content (AvgIpc) is 3.86. The van der Waals surface area contributed by atoms with Gasteiger partial charge in [0, 0.05) is 49.8 Å². The van der Waals surface area contributed by atoms with Crippen LogP contribution in [0.25, 0.3) is 11.1 Å². The Morgan fingerprint density at radius 2 is 1.90 bits per heavy atom. The Kier molecular flexibility index (Phi) is 6.24. The molecule has 3 aliphatic carbocycles. The van der Waals surface area contributed by atoms with E-state index in [1.54, 1.807) is 7.11 Å². The second kappa shape index (κ2) is 9.59. The van der Waals surface area contributed by atoms with E-state index in [2.05, 4.69) is 22.3 Å². The number of carbonyl (C=O) groups is 1. The summed E-state index contributed by atoms with van der Waals surface area (Å²) in [5, 5.41) is 13.4. The lowest BCUT2D eigenvalue weighted by molar-refractivity contribution is -0.151. The van der Waals surface area contributed by atoms with Crippen LogP contribution in [0.15, 0.2) is 47.7 Å². The maximum atomic E-state index is 13.6. The summed E-state index contributed by atoms with van der Waals surface area (Å²) in [4.78, 5) is 14.2. The Hall–Kier alpha value is -2.90. The van der Waals surface area contributed by atoms with Crippen molar-refractivity contribution in [1.82, 2.24) is 10.2 Å². The van der Waals surface area contributed by atoms with Gasteiger partial charge in [-0.25, -0.2) is 4.39 Å². The molecule has 2 aliphatic heterocycles. The summed E-state index contributed by atoms with van der Waals surface area (Å²) in [6, 6.07) is 11.6. The maximum Gasteiger partial charge on any atom is 0.309 e. The number of aliphatic carboxylic acids is 1. The van der Waals surface area contributed by atoms with Crippen LogP contribution in [-0.4, -0.2) is 53.9 Å². The van der Waals surface area contributed by atoms with Gasteiger partial charge in [-0.3, -0.25) is 4.79 Å². The number of hydrogen-bond donors (Lipinski definition) is 2. The predicted molar refractivity (Wildman–Crippen MR) is 151 cm³/mol. The third-order valence-corrected chi connectivity index (χ3v) is 10.1. The van der Waals surface area contributed by atoms with Crippen molar-refractivity contribution >= 4 is 5.97 Å².